The number of pyridine rings is 1. The molecule has 0 radical (unpaired) electrons. The van der Waals surface area contributed by atoms with Crippen molar-refractivity contribution in [2.75, 3.05) is 11.4 Å². The number of carbonyl (C=O) groups excluding carboxylic acids is 2. The lowest BCUT2D eigenvalue weighted by Crippen LogP contribution is -2.36. The van der Waals surface area contributed by atoms with Crippen LogP contribution in [0.3, 0.4) is 0 Å². The van der Waals surface area contributed by atoms with Crippen molar-refractivity contribution in [2.45, 2.75) is 44.6 Å². The van der Waals surface area contributed by atoms with E-state index in [4.69, 9.17) is 0 Å². The number of aromatic nitrogens is 1. The number of aryl methyl sites for hydroxylation is 1. The van der Waals surface area contributed by atoms with Gasteiger partial charge in [0.2, 0.25) is 0 Å². The molecule has 1 N–H and O–H groups in total. The highest BCUT2D eigenvalue weighted by Crippen LogP contribution is 2.28. The predicted octanol–water partition coefficient (Wildman–Crippen LogP) is 3.35. The van der Waals surface area contributed by atoms with Crippen LogP contribution in [0.1, 0.15) is 58.4 Å². The highest BCUT2D eigenvalue weighted by Gasteiger charge is 2.24. The molecule has 5 nitrogen and oxygen atoms in total. The van der Waals surface area contributed by atoms with Crippen molar-refractivity contribution in [1.82, 2.24) is 10.3 Å². The van der Waals surface area contributed by atoms with Gasteiger partial charge in [-0.25, -0.2) is 0 Å². The van der Waals surface area contributed by atoms with Crippen molar-refractivity contribution >= 4 is 17.5 Å². The van der Waals surface area contributed by atoms with Gasteiger partial charge < -0.3 is 10.2 Å². The molecule has 0 atom stereocenters. The summed E-state index contributed by atoms with van der Waals surface area (Å²) >= 11 is 0. The first-order chi connectivity index (χ1) is 12.7. The molecule has 1 aliphatic heterocycles. The lowest BCUT2D eigenvalue weighted by molar-refractivity contribution is 0.0937. The molecule has 1 saturated carbocycles. The topological polar surface area (TPSA) is 62.3 Å². The maximum atomic E-state index is 13.0. The molecule has 134 valence electrons. The van der Waals surface area contributed by atoms with E-state index >= 15 is 0 Å². The Morgan fingerprint density at radius 3 is 2.65 bits per heavy atom. The van der Waals surface area contributed by atoms with Crippen molar-refractivity contribution in [3.05, 3.63) is 59.4 Å². The van der Waals surface area contributed by atoms with Crippen LogP contribution in [0.25, 0.3) is 0 Å². The van der Waals surface area contributed by atoms with Crippen LogP contribution in [-0.4, -0.2) is 29.4 Å². The number of amides is 2. The van der Waals surface area contributed by atoms with Crippen molar-refractivity contribution in [2.24, 2.45) is 0 Å². The summed E-state index contributed by atoms with van der Waals surface area (Å²) in [6.45, 7) is 0.689. The van der Waals surface area contributed by atoms with Gasteiger partial charge in [0.05, 0.1) is 11.1 Å². The molecule has 5 heteroatoms. The third kappa shape index (κ3) is 3.34. The molecule has 4 rings (SSSR count). The molecule has 2 aromatic rings. The summed E-state index contributed by atoms with van der Waals surface area (Å²) < 4.78 is 0. The molecule has 0 bridgehead atoms. The second-order valence-corrected chi connectivity index (χ2v) is 7.11. The summed E-state index contributed by atoms with van der Waals surface area (Å²) in [6, 6.07) is 9.92. The molecule has 2 heterocycles. The number of anilines is 1. The fourth-order valence-corrected chi connectivity index (χ4v) is 3.92. The van der Waals surface area contributed by atoms with Crippen molar-refractivity contribution in [1.29, 1.82) is 0 Å². The smallest absolute Gasteiger partial charge is 0.259 e. The summed E-state index contributed by atoms with van der Waals surface area (Å²) in [7, 11) is 0. The van der Waals surface area contributed by atoms with Gasteiger partial charge in [0.15, 0.2) is 0 Å². The first-order valence-electron chi connectivity index (χ1n) is 9.38. The summed E-state index contributed by atoms with van der Waals surface area (Å²) in [5, 5.41) is 3.05. The average Bonchev–Trinajstić information content (AvgIpc) is 3.20. The van der Waals surface area contributed by atoms with E-state index in [0.717, 1.165) is 44.2 Å². The quantitative estimate of drug-likeness (QED) is 0.924. The zero-order valence-electron chi connectivity index (χ0n) is 14.8. The SMILES string of the molecule is O=C(NC1CCCC1)c1cncc(C(=O)N2CCCc3ccccc32)c1. The summed E-state index contributed by atoms with van der Waals surface area (Å²) in [5.74, 6) is -0.238. The monoisotopic (exact) mass is 349 g/mol. The second-order valence-electron chi connectivity index (χ2n) is 7.11. The number of hydrogen-bond acceptors (Lipinski definition) is 3. The molecule has 1 aromatic heterocycles. The third-order valence-corrected chi connectivity index (χ3v) is 5.29. The molecule has 1 aliphatic carbocycles. The highest BCUT2D eigenvalue weighted by atomic mass is 16.2. The Hall–Kier alpha value is -2.69. The van der Waals surface area contributed by atoms with E-state index in [0.29, 0.717) is 17.7 Å². The molecule has 26 heavy (non-hydrogen) atoms. The molecule has 0 saturated heterocycles. The van der Waals surface area contributed by atoms with Gasteiger partial charge >= 0.3 is 0 Å². The zero-order chi connectivity index (χ0) is 17.9. The van der Waals surface area contributed by atoms with E-state index in [2.05, 4.69) is 16.4 Å². The molecule has 1 aromatic carbocycles. The fraction of sp³-hybridized carbons (Fsp3) is 0.381. The molecular weight excluding hydrogens is 326 g/mol. The Labute approximate surface area is 153 Å². The summed E-state index contributed by atoms with van der Waals surface area (Å²) in [5.41, 5.74) is 3.06. The number of rotatable bonds is 3. The normalized spacial score (nSPS) is 17.0. The molecule has 2 aliphatic rings. The predicted molar refractivity (Wildman–Crippen MR) is 100 cm³/mol. The molecule has 0 spiro atoms. The Bertz CT molecular complexity index is 828. The molecular formula is C21H23N3O2. The maximum Gasteiger partial charge on any atom is 0.259 e. The first-order valence-corrected chi connectivity index (χ1v) is 9.38. The largest absolute Gasteiger partial charge is 0.349 e. The van der Waals surface area contributed by atoms with Gasteiger partial charge in [0, 0.05) is 30.7 Å². The van der Waals surface area contributed by atoms with Gasteiger partial charge in [0.1, 0.15) is 0 Å². The van der Waals surface area contributed by atoms with Gasteiger partial charge in [0.25, 0.3) is 11.8 Å². The maximum absolute atomic E-state index is 13.0. The minimum Gasteiger partial charge on any atom is -0.349 e. The van der Waals surface area contributed by atoms with Gasteiger partial charge in [-0.2, -0.15) is 0 Å². The van der Waals surface area contributed by atoms with Crippen molar-refractivity contribution in [3.8, 4) is 0 Å². The zero-order valence-corrected chi connectivity index (χ0v) is 14.8. The fourth-order valence-electron chi connectivity index (χ4n) is 3.92. The lowest BCUT2D eigenvalue weighted by Gasteiger charge is -2.29. The number of hydrogen-bond donors (Lipinski definition) is 1. The standard InChI is InChI=1S/C21H23N3O2/c25-20(23-18-8-2-3-9-18)16-12-17(14-22-13-16)21(26)24-11-5-7-15-6-1-4-10-19(15)24/h1,4,6,10,12-14,18H,2-3,5,7-9,11H2,(H,23,25). The summed E-state index contributed by atoms with van der Waals surface area (Å²) in [6.07, 6.45) is 9.40. The Morgan fingerprint density at radius 1 is 1.04 bits per heavy atom. The number of para-hydroxylation sites is 1. The molecule has 0 unspecified atom stereocenters. The van der Waals surface area contributed by atoms with Gasteiger partial charge in [-0.15, -0.1) is 0 Å². The van der Waals surface area contributed by atoms with Crippen molar-refractivity contribution < 1.29 is 9.59 Å². The molecule has 2 amide bonds. The number of nitrogens with one attached hydrogen (secondary N) is 1. The Balaban J connectivity index is 1.55. The van der Waals surface area contributed by atoms with Crippen LogP contribution in [0.4, 0.5) is 5.69 Å². The number of nitrogens with zero attached hydrogens (tertiary/aromatic N) is 2. The minimum absolute atomic E-state index is 0.0971. The van der Waals surface area contributed by atoms with Crippen LogP contribution in [0.15, 0.2) is 42.7 Å². The van der Waals surface area contributed by atoms with Crippen LogP contribution in [-0.2, 0) is 6.42 Å². The van der Waals surface area contributed by atoms with Crippen LogP contribution >= 0.6 is 0 Å². The summed E-state index contributed by atoms with van der Waals surface area (Å²) in [4.78, 5) is 31.5. The van der Waals surface area contributed by atoms with Crippen LogP contribution in [0.5, 0.6) is 0 Å². The van der Waals surface area contributed by atoms with Gasteiger partial charge in [-0.05, 0) is 43.4 Å². The Morgan fingerprint density at radius 2 is 1.81 bits per heavy atom. The van der Waals surface area contributed by atoms with Crippen LogP contribution in [0, 0.1) is 0 Å². The van der Waals surface area contributed by atoms with Crippen molar-refractivity contribution in [3.63, 3.8) is 0 Å². The highest BCUT2D eigenvalue weighted by molar-refractivity contribution is 6.08. The number of fused-ring (bicyclic) bond motifs is 1. The van der Waals surface area contributed by atoms with Gasteiger partial charge in [-0.3, -0.25) is 14.6 Å². The lowest BCUT2D eigenvalue weighted by atomic mass is 10.0. The van der Waals surface area contributed by atoms with Gasteiger partial charge in [-0.1, -0.05) is 31.0 Å². The van der Waals surface area contributed by atoms with E-state index in [1.807, 2.05) is 18.2 Å². The number of benzene rings is 1. The third-order valence-electron chi connectivity index (χ3n) is 5.29. The second kappa shape index (κ2) is 7.28. The van der Waals surface area contributed by atoms with E-state index in [1.54, 1.807) is 17.2 Å². The van der Waals surface area contributed by atoms with Crippen LogP contribution < -0.4 is 10.2 Å². The minimum atomic E-state index is -0.141. The average molecular weight is 349 g/mol. The molecule has 1 fully saturated rings. The van der Waals surface area contributed by atoms with E-state index in [9.17, 15) is 9.59 Å². The van der Waals surface area contributed by atoms with E-state index < -0.39 is 0 Å². The first kappa shape index (κ1) is 16.8. The van der Waals surface area contributed by atoms with E-state index in [1.165, 1.54) is 11.8 Å². The Kier molecular flexibility index (Phi) is 4.69. The van der Waals surface area contributed by atoms with E-state index in [-0.39, 0.29) is 17.9 Å². The van der Waals surface area contributed by atoms with Crippen LogP contribution in [0.2, 0.25) is 0 Å². The number of carbonyl (C=O) groups is 2.